The standard InChI is InChI=1S/C17H26N2O3S/c1-13-8-9-18-15(11-13)23(21)12-14-7-5-6-10-19(14)16(20)22-17(2,3)4/h8-9,11,14H,5-7,10,12H2,1-4H3/t14-,23+/m1/s1. The lowest BCUT2D eigenvalue weighted by molar-refractivity contribution is 0.0125. The van der Waals surface area contributed by atoms with E-state index in [4.69, 9.17) is 4.74 Å². The fourth-order valence-corrected chi connectivity index (χ4v) is 3.99. The fourth-order valence-electron chi connectivity index (χ4n) is 2.63. The average Bonchev–Trinajstić information content (AvgIpc) is 2.46. The van der Waals surface area contributed by atoms with E-state index in [1.54, 1.807) is 11.1 Å². The minimum absolute atomic E-state index is 0.0539. The zero-order chi connectivity index (χ0) is 17.0. The van der Waals surface area contributed by atoms with Gasteiger partial charge in [-0.1, -0.05) is 0 Å². The molecule has 1 aromatic heterocycles. The number of carbonyl (C=O) groups is 1. The van der Waals surface area contributed by atoms with Crippen LogP contribution in [0.5, 0.6) is 0 Å². The molecular formula is C17H26N2O3S. The average molecular weight is 338 g/mol. The van der Waals surface area contributed by atoms with Crippen molar-refractivity contribution in [2.45, 2.75) is 63.6 Å². The quantitative estimate of drug-likeness (QED) is 0.848. The van der Waals surface area contributed by atoms with Crippen LogP contribution in [0.2, 0.25) is 0 Å². The predicted molar refractivity (Wildman–Crippen MR) is 90.8 cm³/mol. The van der Waals surface area contributed by atoms with Crippen LogP contribution < -0.4 is 0 Å². The van der Waals surface area contributed by atoms with E-state index in [2.05, 4.69) is 4.98 Å². The molecule has 1 aromatic rings. The smallest absolute Gasteiger partial charge is 0.410 e. The van der Waals surface area contributed by atoms with Gasteiger partial charge in [-0.3, -0.25) is 4.21 Å². The zero-order valence-corrected chi connectivity index (χ0v) is 15.2. The molecule has 2 atom stereocenters. The van der Waals surface area contributed by atoms with E-state index < -0.39 is 16.4 Å². The van der Waals surface area contributed by atoms with Crippen LogP contribution in [0.15, 0.2) is 23.4 Å². The van der Waals surface area contributed by atoms with Crippen molar-refractivity contribution in [3.8, 4) is 0 Å². The van der Waals surface area contributed by atoms with Crippen molar-refractivity contribution >= 4 is 16.9 Å². The Morgan fingerprint density at radius 3 is 2.83 bits per heavy atom. The molecule has 1 aliphatic heterocycles. The number of carbonyl (C=O) groups excluding carboxylic acids is 1. The van der Waals surface area contributed by atoms with E-state index >= 15 is 0 Å². The number of amides is 1. The summed E-state index contributed by atoms with van der Waals surface area (Å²) in [4.78, 5) is 18.3. The Morgan fingerprint density at radius 2 is 2.17 bits per heavy atom. The summed E-state index contributed by atoms with van der Waals surface area (Å²) in [6.45, 7) is 8.20. The molecule has 0 radical (unpaired) electrons. The molecule has 0 spiro atoms. The summed E-state index contributed by atoms with van der Waals surface area (Å²) in [5.74, 6) is 0.412. The van der Waals surface area contributed by atoms with Crippen LogP contribution in [0.1, 0.15) is 45.6 Å². The van der Waals surface area contributed by atoms with Crippen LogP contribution in [0.4, 0.5) is 4.79 Å². The summed E-state index contributed by atoms with van der Waals surface area (Å²) < 4.78 is 18.1. The highest BCUT2D eigenvalue weighted by Gasteiger charge is 2.31. The lowest BCUT2D eigenvalue weighted by atomic mass is 10.0. The van der Waals surface area contributed by atoms with Crippen LogP contribution >= 0.6 is 0 Å². The van der Waals surface area contributed by atoms with E-state index in [1.165, 1.54) is 0 Å². The van der Waals surface area contributed by atoms with Gasteiger partial charge in [0.15, 0.2) is 0 Å². The predicted octanol–water partition coefficient (Wildman–Crippen LogP) is 3.29. The minimum atomic E-state index is -1.21. The minimum Gasteiger partial charge on any atom is -0.444 e. The van der Waals surface area contributed by atoms with Gasteiger partial charge in [-0.15, -0.1) is 0 Å². The summed E-state index contributed by atoms with van der Waals surface area (Å²) in [6, 6.07) is 3.67. The maximum atomic E-state index is 12.6. The van der Waals surface area contributed by atoms with Gasteiger partial charge in [-0.05, 0) is 64.7 Å². The lowest BCUT2D eigenvalue weighted by Gasteiger charge is -2.36. The van der Waals surface area contributed by atoms with E-state index in [0.717, 1.165) is 24.8 Å². The second kappa shape index (κ2) is 7.43. The Hall–Kier alpha value is -1.43. The molecule has 1 amide bonds. The first-order chi connectivity index (χ1) is 10.8. The number of pyridine rings is 1. The number of ether oxygens (including phenoxy) is 1. The van der Waals surface area contributed by atoms with Gasteiger partial charge in [0, 0.05) is 18.8 Å². The number of aryl methyl sites for hydroxylation is 1. The molecule has 2 heterocycles. The first-order valence-corrected chi connectivity index (χ1v) is 9.39. The number of likely N-dealkylation sites (tertiary alicyclic amines) is 1. The van der Waals surface area contributed by atoms with Gasteiger partial charge in [0.25, 0.3) is 0 Å². The van der Waals surface area contributed by atoms with Crippen molar-refractivity contribution in [3.05, 3.63) is 23.9 Å². The second-order valence-electron chi connectivity index (χ2n) is 7.01. The highest BCUT2D eigenvalue weighted by molar-refractivity contribution is 7.85. The van der Waals surface area contributed by atoms with E-state index in [1.807, 2.05) is 39.8 Å². The summed E-state index contributed by atoms with van der Waals surface area (Å²) in [5, 5.41) is 0.583. The number of aromatic nitrogens is 1. The Bertz CT molecular complexity index is 583. The summed E-state index contributed by atoms with van der Waals surface area (Å²) in [5.41, 5.74) is 0.520. The zero-order valence-electron chi connectivity index (χ0n) is 14.4. The van der Waals surface area contributed by atoms with Crippen LogP contribution in [0, 0.1) is 6.92 Å². The number of hydrogen-bond donors (Lipinski definition) is 0. The molecule has 0 aliphatic carbocycles. The normalized spacial score (nSPS) is 20.2. The Morgan fingerprint density at radius 1 is 1.43 bits per heavy atom. The number of hydrogen-bond acceptors (Lipinski definition) is 4. The summed E-state index contributed by atoms with van der Waals surface area (Å²) in [7, 11) is -1.21. The third-order valence-electron chi connectivity index (χ3n) is 3.72. The molecule has 0 saturated carbocycles. The van der Waals surface area contributed by atoms with Crippen molar-refractivity contribution in [1.82, 2.24) is 9.88 Å². The Kier molecular flexibility index (Phi) is 5.79. The van der Waals surface area contributed by atoms with Gasteiger partial charge >= 0.3 is 6.09 Å². The molecule has 128 valence electrons. The molecule has 0 aromatic carbocycles. The molecule has 2 rings (SSSR count). The van der Waals surface area contributed by atoms with Crippen LogP contribution in [-0.2, 0) is 15.5 Å². The maximum Gasteiger partial charge on any atom is 0.410 e. The van der Waals surface area contributed by atoms with Gasteiger partial charge in [0.2, 0.25) is 0 Å². The van der Waals surface area contributed by atoms with Crippen LogP contribution in [0.25, 0.3) is 0 Å². The maximum absolute atomic E-state index is 12.6. The van der Waals surface area contributed by atoms with Crippen LogP contribution in [0.3, 0.4) is 0 Å². The third-order valence-corrected chi connectivity index (χ3v) is 5.10. The molecule has 1 aliphatic rings. The largest absolute Gasteiger partial charge is 0.444 e. The van der Waals surface area contributed by atoms with Gasteiger partial charge in [0.05, 0.1) is 16.6 Å². The van der Waals surface area contributed by atoms with Crippen molar-refractivity contribution in [1.29, 1.82) is 0 Å². The first kappa shape index (κ1) is 17.9. The molecule has 5 nitrogen and oxygen atoms in total. The van der Waals surface area contributed by atoms with Crippen LogP contribution in [-0.4, -0.2) is 44.1 Å². The molecule has 23 heavy (non-hydrogen) atoms. The molecule has 1 saturated heterocycles. The third kappa shape index (κ3) is 5.30. The van der Waals surface area contributed by atoms with E-state index in [9.17, 15) is 9.00 Å². The molecule has 0 N–H and O–H groups in total. The number of nitrogens with zero attached hydrogens (tertiary/aromatic N) is 2. The van der Waals surface area contributed by atoms with Gasteiger partial charge in [-0.25, -0.2) is 9.78 Å². The van der Waals surface area contributed by atoms with Gasteiger partial charge in [0.1, 0.15) is 10.6 Å². The highest BCUT2D eigenvalue weighted by atomic mass is 32.2. The molecular weight excluding hydrogens is 312 g/mol. The van der Waals surface area contributed by atoms with E-state index in [0.29, 0.717) is 17.3 Å². The number of rotatable bonds is 3. The number of piperidine rings is 1. The SMILES string of the molecule is Cc1ccnc([S@@](=O)C[C@H]2CCCCN2C(=O)OC(C)(C)C)c1. The first-order valence-electron chi connectivity index (χ1n) is 8.07. The van der Waals surface area contributed by atoms with Gasteiger partial charge < -0.3 is 9.64 Å². The monoisotopic (exact) mass is 338 g/mol. The van der Waals surface area contributed by atoms with E-state index in [-0.39, 0.29) is 12.1 Å². The fraction of sp³-hybridized carbons (Fsp3) is 0.647. The second-order valence-corrected chi connectivity index (χ2v) is 8.45. The van der Waals surface area contributed by atoms with Gasteiger partial charge in [-0.2, -0.15) is 0 Å². The molecule has 1 fully saturated rings. The molecule has 0 unspecified atom stereocenters. The van der Waals surface area contributed by atoms with Crippen molar-refractivity contribution in [2.24, 2.45) is 0 Å². The Labute approximate surface area is 140 Å². The van der Waals surface area contributed by atoms with Crippen molar-refractivity contribution in [2.75, 3.05) is 12.3 Å². The highest BCUT2D eigenvalue weighted by Crippen LogP contribution is 2.22. The Balaban J connectivity index is 2.06. The summed E-state index contributed by atoms with van der Waals surface area (Å²) in [6.07, 6.45) is 4.23. The molecule has 6 heteroatoms. The summed E-state index contributed by atoms with van der Waals surface area (Å²) >= 11 is 0. The lowest BCUT2D eigenvalue weighted by Crippen LogP contribution is -2.48. The van der Waals surface area contributed by atoms with Crippen molar-refractivity contribution in [3.63, 3.8) is 0 Å². The molecule has 0 bridgehead atoms. The topological polar surface area (TPSA) is 59.5 Å². The van der Waals surface area contributed by atoms with Crippen molar-refractivity contribution < 1.29 is 13.7 Å².